The Morgan fingerprint density at radius 1 is 1.12 bits per heavy atom. The first-order chi connectivity index (χ1) is 7.65. The highest BCUT2D eigenvalue weighted by molar-refractivity contribution is 5.33. The van der Waals surface area contributed by atoms with Crippen molar-refractivity contribution in [3.63, 3.8) is 0 Å². The Morgan fingerprint density at radius 3 is 2.62 bits per heavy atom. The zero-order valence-corrected chi connectivity index (χ0v) is 9.01. The molecular weight excluding hydrogens is 206 g/mol. The summed E-state index contributed by atoms with van der Waals surface area (Å²) in [7, 11) is 0. The summed E-state index contributed by atoms with van der Waals surface area (Å²) in [5, 5.41) is 16.9. The fourth-order valence-electron chi connectivity index (χ4n) is 1.13. The number of aryl methyl sites for hydroxylation is 2. The molecule has 1 aromatic carbocycles. The first-order valence-corrected chi connectivity index (χ1v) is 4.80. The fourth-order valence-corrected chi connectivity index (χ4v) is 1.13. The SMILES string of the molecule is Cc1nnc(Oc2cccc(O)c2)nc1C. The van der Waals surface area contributed by atoms with Crippen molar-refractivity contribution < 1.29 is 9.84 Å². The van der Waals surface area contributed by atoms with Crippen LogP contribution >= 0.6 is 0 Å². The number of aromatic hydroxyl groups is 1. The summed E-state index contributed by atoms with van der Waals surface area (Å²) in [6.45, 7) is 3.66. The minimum absolute atomic E-state index is 0.134. The van der Waals surface area contributed by atoms with E-state index in [1.165, 1.54) is 6.07 Å². The monoisotopic (exact) mass is 217 g/mol. The topological polar surface area (TPSA) is 68.1 Å². The molecule has 5 heteroatoms. The van der Waals surface area contributed by atoms with E-state index in [-0.39, 0.29) is 11.8 Å². The number of benzene rings is 1. The molecule has 1 aromatic heterocycles. The number of hydrogen-bond donors (Lipinski definition) is 1. The number of aromatic nitrogens is 3. The molecule has 1 heterocycles. The Bertz CT molecular complexity index is 514. The summed E-state index contributed by atoms with van der Waals surface area (Å²) in [6, 6.07) is 6.61. The Balaban J connectivity index is 2.24. The summed E-state index contributed by atoms with van der Waals surface area (Å²) in [6.07, 6.45) is 0. The minimum Gasteiger partial charge on any atom is -0.508 e. The molecule has 16 heavy (non-hydrogen) atoms. The van der Waals surface area contributed by atoms with E-state index in [1.807, 2.05) is 13.8 Å². The van der Waals surface area contributed by atoms with Crippen molar-refractivity contribution in [3.8, 4) is 17.5 Å². The van der Waals surface area contributed by atoms with Crippen molar-refractivity contribution in [3.05, 3.63) is 35.7 Å². The lowest BCUT2D eigenvalue weighted by molar-refractivity contribution is 0.422. The molecule has 0 spiro atoms. The van der Waals surface area contributed by atoms with E-state index in [0.29, 0.717) is 5.75 Å². The fraction of sp³-hybridized carbons (Fsp3) is 0.182. The second-order valence-electron chi connectivity index (χ2n) is 3.36. The number of rotatable bonds is 2. The molecular formula is C11H11N3O2. The van der Waals surface area contributed by atoms with Crippen LogP contribution in [0.15, 0.2) is 24.3 Å². The number of phenolic OH excluding ortho intramolecular Hbond substituents is 1. The lowest BCUT2D eigenvalue weighted by atomic mass is 10.3. The van der Waals surface area contributed by atoms with Gasteiger partial charge in [-0.15, -0.1) is 5.10 Å². The van der Waals surface area contributed by atoms with E-state index in [4.69, 9.17) is 4.74 Å². The van der Waals surface area contributed by atoms with Gasteiger partial charge in [-0.1, -0.05) is 11.2 Å². The number of hydrogen-bond acceptors (Lipinski definition) is 5. The van der Waals surface area contributed by atoms with Crippen LogP contribution in [0.3, 0.4) is 0 Å². The third-order valence-electron chi connectivity index (χ3n) is 2.10. The van der Waals surface area contributed by atoms with E-state index in [2.05, 4.69) is 15.2 Å². The summed E-state index contributed by atoms with van der Waals surface area (Å²) in [4.78, 5) is 4.12. The molecule has 82 valence electrons. The van der Waals surface area contributed by atoms with Gasteiger partial charge in [0.05, 0.1) is 11.4 Å². The van der Waals surface area contributed by atoms with Gasteiger partial charge in [-0.2, -0.15) is 4.98 Å². The van der Waals surface area contributed by atoms with E-state index >= 15 is 0 Å². The highest BCUT2D eigenvalue weighted by atomic mass is 16.5. The highest BCUT2D eigenvalue weighted by Gasteiger charge is 2.04. The summed E-state index contributed by atoms with van der Waals surface area (Å²) >= 11 is 0. The van der Waals surface area contributed by atoms with Gasteiger partial charge in [0.15, 0.2) is 0 Å². The normalized spacial score (nSPS) is 10.1. The lowest BCUT2D eigenvalue weighted by Gasteiger charge is -2.04. The van der Waals surface area contributed by atoms with Gasteiger partial charge in [0.1, 0.15) is 11.5 Å². The first-order valence-electron chi connectivity index (χ1n) is 4.80. The van der Waals surface area contributed by atoms with E-state index in [9.17, 15) is 5.11 Å². The summed E-state index contributed by atoms with van der Waals surface area (Å²) < 4.78 is 5.35. The van der Waals surface area contributed by atoms with Crippen LogP contribution in [0.1, 0.15) is 11.4 Å². The molecule has 2 rings (SSSR count). The molecule has 0 fully saturated rings. The van der Waals surface area contributed by atoms with E-state index < -0.39 is 0 Å². The third kappa shape index (κ3) is 2.25. The first kappa shape index (κ1) is 10.4. The van der Waals surface area contributed by atoms with E-state index in [0.717, 1.165) is 11.4 Å². The molecule has 0 amide bonds. The molecule has 2 aromatic rings. The molecule has 1 N–H and O–H groups in total. The Kier molecular flexibility index (Phi) is 2.68. The average Bonchev–Trinajstić information content (AvgIpc) is 2.24. The third-order valence-corrected chi connectivity index (χ3v) is 2.10. The Hall–Kier alpha value is -2.17. The van der Waals surface area contributed by atoms with Crippen LogP contribution in [0.5, 0.6) is 17.5 Å². The van der Waals surface area contributed by atoms with Crippen molar-refractivity contribution in [2.45, 2.75) is 13.8 Å². The standard InChI is InChI=1S/C11H11N3O2/c1-7-8(2)13-14-11(12-7)16-10-5-3-4-9(15)6-10/h3-6,15H,1-2H3. The summed E-state index contributed by atoms with van der Waals surface area (Å²) in [5.41, 5.74) is 1.54. The molecule has 0 bridgehead atoms. The van der Waals surface area contributed by atoms with Crippen molar-refractivity contribution in [1.29, 1.82) is 0 Å². The van der Waals surface area contributed by atoms with Crippen LogP contribution in [-0.4, -0.2) is 20.3 Å². The molecule has 0 aliphatic heterocycles. The largest absolute Gasteiger partial charge is 0.508 e. The maximum atomic E-state index is 9.25. The van der Waals surface area contributed by atoms with Crippen molar-refractivity contribution >= 4 is 0 Å². The highest BCUT2D eigenvalue weighted by Crippen LogP contribution is 2.21. The van der Waals surface area contributed by atoms with Gasteiger partial charge in [-0.25, -0.2) is 0 Å². The van der Waals surface area contributed by atoms with Crippen molar-refractivity contribution in [1.82, 2.24) is 15.2 Å². The lowest BCUT2D eigenvalue weighted by Crippen LogP contribution is -1.99. The van der Waals surface area contributed by atoms with Gasteiger partial charge in [0.2, 0.25) is 0 Å². The number of ether oxygens (including phenoxy) is 1. The number of nitrogens with zero attached hydrogens (tertiary/aromatic N) is 3. The second-order valence-corrected chi connectivity index (χ2v) is 3.36. The van der Waals surface area contributed by atoms with E-state index in [1.54, 1.807) is 18.2 Å². The van der Waals surface area contributed by atoms with Gasteiger partial charge in [-0.05, 0) is 26.0 Å². The molecule has 0 saturated heterocycles. The molecule has 0 aliphatic carbocycles. The predicted molar refractivity (Wildman–Crippen MR) is 57.5 cm³/mol. The maximum absolute atomic E-state index is 9.25. The van der Waals surface area contributed by atoms with Gasteiger partial charge in [0.25, 0.3) is 0 Å². The zero-order chi connectivity index (χ0) is 11.5. The minimum atomic E-state index is 0.134. The second kappa shape index (κ2) is 4.14. The maximum Gasteiger partial charge on any atom is 0.341 e. The average molecular weight is 217 g/mol. The Morgan fingerprint density at radius 2 is 1.94 bits per heavy atom. The van der Waals surface area contributed by atoms with Crippen molar-refractivity contribution in [2.75, 3.05) is 0 Å². The quantitative estimate of drug-likeness (QED) is 0.833. The van der Waals surface area contributed by atoms with Crippen LogP contribution in [0.2, 0.25) is 0 Å². The molecule has 0 atom stereocenters. The molecule has 0 aliphatic rings. The summed E-state index contributed by atoms with van der Waals surface area (Å²) in [5.74, 6) is 0.611. The molecule has 0 unspecified atom stereocenters. The van der Waals surface area contributed by atoms with Crippen LogP contribution in [-0.2, 0) is 0 Å². The molecule has 0 saturated carbocycles. The predicted octanol–water partition coefficient (Wildman–Crippen LogP) is 1.99. The van der Waals surface area contributed by atoms with Gasteiger partial charge in [0, 0.05) is 6.07 Å². The van der Waals surface area contributed by atoms with Crippen LogP contribution in [0.25, 0.3) is 0 Å². The van der Waals surface area contributed by atoms with Crippen molar-refractivity contribution in [2.24, 2.45) is 0 Å². The van der Waals surface area contributed by atoms with Crippen LogP contribution in [0.4, 0.5) is 0 Å². The molecule has 5 nitrogen and oxygen atoms in total. The zero-order valence-electron chi connectivity index (χ0n) is 9.01. The van der Waals surface area contributed by atoms with Gasteiger partial charge in [-0.3, -0.25) is 0 Å². The Labute approximate surface area is 92.8 Å². The van der Waals surface area contributed by atoms with Gasteiger partial charge < -0.3 is 9.84 Å². The van der Waals surface area contributed by atoms with Crippen LogP contribution < -0.4 is 4.74 Å². The smallest absolute Gasteiger partial charge is 0.341 e. The van der Waals surface area contributed by atoms with Gasteiger partial charge >= 0.3 is 6.01 Å². The molecule has 0 radical (unpaired) electrons. The van der Waals surface area contributed by atoms with Crippen LogP contribution in [0, 0.1) is 13.8 Å². The number of phenols is 1.